The van der Waals surface area contributed by atoms with Gasteiger partial charge in [-0.05, 0) is 35.2 Å². The summed E-state index contributed by atoms with van der Waals surface area (Å²) in [4.78, 5) is 23.3. The second kappa shape index (κ2) is 6.71. The van der Waals surface area contributed by atoms with E-state index >= 15 is 0 Å². The molecule has 1 aromatic heterocycles. The lowest BCUT2D eigenvalue weighted by Crippen LogP contribution is -2.12. The molecule has 1 aromatic carbocycles. The third-order valence-electron chi connectivity index (χ3n) is 2.66. The molecule has 2 aromatic rings. The number of aliphatic carboxylic acids is 1. The molecule has 1 amide bonds. The number of rotatable bonds is 5. The number of thiophene rings is 1. The third-order valence-corrected chi connectivity index (χ3v) is 3.59. The van der Waals surface area contributed by atoms with E-state index in [4.69, 9.17) is 9.84 Å². The van der Waals surface area contributed by atoms with Crippen molar-refractivity contribution in [3.05, 3.63) is 52.2 Å². The smallest absolute Gasteiger partial charge is 0.328 e. The molecule has 0 fully saturated rings. The Morgan fingerprint density at radius 1 is 1.29 bits per heavy atom. The van der Waals surface area contributed by atoms with Crippen LogP contribution in [0.5, 0.6) is 5.75 Å². The van der Waals surface area contributed by atoms with E-state index in [-0.39, 0.29) is 5.91 Å². The van der Waals surface area contributed by atoms with Crippen LogP contribution in [-0.4, -0.2) is 24.1 Å². The summed E-state index contributed by atoms with van der Waals surface area (Å²) < 4.78 is 5.17. The number of carbonyl (C=O) groups is 2. The summed E-state index contributed by atoms with van der Waals surface area (Å²) >= 11 is 1.24. The van der Waals surface area contributed by atoms with E-state index in [0.717, 1.165) is 6.08 Å². The number of ether oxygens (including phenoxy) is 1. The Morgan fingerprint density at radius 3 is 2.76 bits per heavy atom. The average molecular weight is 303 g/mol. The summed E-state index contributed by atoms with van der Waals surface area (Å²) in [6.45, 7) is 0. The van der Waals surface area contributed by atoms with Crippen molar-refractivity contribution in [3.8, 4) is 5.75 Å². The van der Waals surface area contributed by atoms with Gasteiger partial charge in [0.2, 0.25) is 0 Å². The molecular formula is C15H13NO4S. The van der Waals surface area contributed by atoms with E-state index in [2.05, 4.69) is 5.32 Å². The number of nitrogens with one attached hydrogen (secondary N) is 1. The highest BCUT2D eigenvalue weighted by atomic mass is 32.1. The fourth-order valence-corrected chi connectivity index (χ4v) is 2.50. The van der Waals surface area contributed by atoms with Gasteiger partial charge in [-0.15, -0.1) is 11.3 Å². The lowest BCUT2D eigenvalue weighted by Gasteiger charge is -2.09. The Kier molecular flexibility index (Phi) is 4.73. The van der Waals surface area contributed by atoms with Crippen LogP contribution in [0.15, 0.2) is 41.8 Å². The molecule has 1 heterocycles. The molecule has 0 aliphatic rings. The Labute approximate surface area is 125 Å². The van der Waals surface area contributed by atoms with Crippen LogP contribution in [0.25, 0.3) is 6.08 Å². The van der Waals surface area contributed by atoms with E-state index in [1.54, 1.807) is 35.7 Å². The Balaban J connectivity index is 2.21. The molecule has 2 N–H and O–H groups in total. The summed E-state index contributed by atoms with van der Waals surface area (Å²) in [6, 6.07) is 8.77. The molecule has 0 atom stereocenters. The number of para-hydroxylation sites is 2. The van der Waals surface area contributed by atoms with Crippen molar-refractivity contribution in [2.75, 3.05) is 12.4 Å². The number of benzene rings is 1. The first-order valence-corrected chi connectivity index (χ1v) is 6.92. The van der Waals surface area contributed by atoms with Crippen LogP contribution in [0, 0.1) is 0 Å². The van der Waals surface area contributed by atoms with Crippen LogP contribution in [0.3, 0.4) is 0 Å². The maximum Gasteiger partial charge on any atom is 0.328 e. The van der Waals surface area contributed by atoms with Crippen LogP contribution in [-0.2, 0) is 4.79 Å². The minimum Gasteiger partial charge on any atom is -0.495 e. The quantitative estimate of drug-likeness (QED) is 0.832. The summed E-state index contributed by atoms with van der Waals surface area (Å²) in [5, 5.41) is 13.1. The van der Waals surface area contributed by atoms with Gasteiger partial charge in [0.25, 0.3) is 5.91 Å². The molecule has 0 bridgehead atoms. The molecule has 21 heavy (non-hydrogen) atoms. The number of hydrogen-bond acceptors (Lipinski definition) is 4. The standard InChI is InChI=1S/C15H13NO4S/c1-20-12-5-3-2-4-11(12)16-15(19)14-10(8-9-21-14)6-7-13(17)18/h2-9H,1H3,(H,16,19)(H,17,18). The fraction of sp³-hybridized carbons (Fsp3) is 0.0667. The molecule has 0 saturated carbocycles. The predicted molar refractivity (Wildman–Crippen MR) is 81.9 cm³/mol. The number of amides is 1. The molecule has 108 valence electrons. The maximum absolute atomic E-state index is 12.3. The highest BCUT2D eigenvalue weighted by molar-refractivity contribution is 7.12. The molecule has 0 unspecified atom stereocenters. The van der Waals surface area contributed by atoms with Crippen LogP contribution >= 0.6 is 11.3 Å². The highest BCUT2D eigenvalue weighted by Crippen LogP contribution is 2.25. The molecule has 0 aliphatic heterocycles. The van der Waals surface area contributed by atoms with Crippen molar-refractivity contribution < 1.29 is 19.4 Å². The fourth-order valence-electron chi connectivity index (χ4n) is 1.72. The van der Waals surface area contributed by atoms with Crippen molar-refractivity contribution in [2.24, 2.45) is 0 Å². The van der Waals surface area contributed by atoms with E-state index in [1.807, 2.05) is 0 Å². The first-order valence-electron chi connectivity index (χ1n) is 6.04. The van der Waals surface area contributed by atoms with Crippen LogP contribution in [0.4, 0.5) is 5.69 Å². The van der Waals surface area contributed by atoms with Gasteiger partial charge in [0.1, 0.15) is 5.75 Å². The molecular weight excluding hydrogens is 290 g/mol. The first-order chi connectivity index (χ1) is 10.1. The monoisotopic (exact) mass is 303 g/mol. The van der Waals surface area contributed by atoms with E-state index in [9.17, 15) is 9.59 Å². The minimum absolute atomic E-state index is 0.306. The van der Waals surface area contributed by atoms with E-state index < -0.39 is 5.97 Å². The summed E-state index contributed by atoms with van der Waals surface area (Å²) in [7, 11) is 1.52. The second-order valence-corrected chi connectivity index (χ2v) is 4.95. The van der Waals surface area contributed by atoms with Gasteiger partial charge in [0, 0.05) is 6.08 Å². The summed E-state index contributed by atoms with van der Waals surface area (Å²) in [6.07, 6.45) is 2.40. The lowest BCUT2D eigenvalue weighted by atomic mass is 10.2. The predicted octanol–water partition coefficient (Wildman–Crippen LogP) is 3.11. The average Bonchev–Trinajstić information content (AvgIpc) is 2.94. The minimum atomic E-state index is -1.06. The van der Waals surface area contributed by atoms with Crippen molar-refractivity contribution in [3.63, 3.8) is 0 Å². The van der Waals surface area contributed by atoms with Gasteiger partial charge in [0.05, 0.1) is 17.7 Å². The number of anilines is 1. The molecule has 0 aliphatic carbocycles. The molecule has 2 rings (SSSR count). The van der Waals surface area contributed by atoms with Gasteiger partial charge in [0.15, 0.2) is 0 Å². The van der Waals surface area contributed by atoms with E-state index in [1.165, 1.54) is 24.5 Å². The molecule has 5 nitrogen and oxygen atoms in total. The van der Waals surface area contributed by atoms with Crippen molar-refractivity contribution in [1.29, 1.82) is 0 Å². The van der Waals surface area contributed by atoms with Crippen LogP contribution in [0.2, 0.25) is 0 Å². The lowest BCUT2D eigenvalue weighted by molar-refractivity contribution is -0.131. The van der Waals surface area contributed by atoms with Gasteiger partial charge < -0.3 is 15.2 Å². The highest BCUT2D eigenvalue weighted by Gasteiger charge is 2.13. The van der Waals surface area contributed by atoms with E-state index in [0.29, 0.717) is 21.9 Å². The van der Waals surface area contributed by atoms with Gasteiger partial charge in [-0.2, -0.15) is 0 Å². The SMILES string of the molecule is COc1ccccc1NC(=O)c1sccc1C=CC(=O)O. The zero-order valence-electron chi connectivity index (χ0n) is 11.2. The summed E-state index contributed by atoms with van der Waals surface area (Å²) in [5.74, 6) is -0.804. The van der Waals surface area contributed by atoms with Crippen molar-refractivity contribution >= 4 is 35.0 Å². The Hall–Kier alpha value is -2.60. The van der Waals surface area contributed by atoms with Crippen LogP contribution < -0.4 is 10.1 Å². The number of methoxy groups -OCH3 is 1. The van der Waals surface area contributed by atoms with Gasteiger partial charge in [-0.1, -0.05) is 12.1 Å². The zero-order chi connectivity index (χ0) is 15.2. The third kappa shape index (κ3) is 3.70. The largest absolute Gasteiger partial charge is 0.495 e. The molecule has 6 heteroatoms. The zero-order valence-corrected chi connectivity index (χ0v) is 12.0. The van der Waals surface area contributed by atoms with Gasteiger partial charge in [-0.3, -0.25) is 4.79 Å². The maximum atomic E-state index is 12.3. The molecule has 0 saturated heterocycles. The van der Waals surface area contributed by atoms with Gasteiger partial charge in [-0.25, -0.2) is 4.79 Å². The number of carbonyl (C=O) groups excluding carboxylic acids is 1. The molecule has 0 radical (unpaired) electrons. The Morgan fingerprint density at radius 2 is 2.05 bits per heavy atom. The number of hydrogen-bond donors (Lipinski definition) is 2. The Bertz CT molecular complexity index is 690. The first kappa shape index (κ1) is 14.8. The number of carboxylic acids is 1. The number of carboxylic acid groups (broad SMARTS) is 1. The topological polar surface area (TPSA) is 75.6 Å². The normalized spacial score (nSPS) is 10.5. The molecule has 0 spiro atoms. The van der Waals surface area contributed by atoms with Crippen molar-refractivity contribution in [2.45, 2.75) is 0 Å². The van der Waals surface area contributed by atoms with Crippen LogP contribution in [0.1, 0.15) is 15.2 Å². The van der Waals surface area contributed by atoms with Crippen molar-refractivity contribution in [1.82, 2.24) is 0 Å². The second-order valence-electron chi connectivity index (χ2n) is 4.03. The van der Waals surface area contributed by atoms with Gasteiger partial charge >= 0.3 is 5.97 Å². The summed E-state index contributed by atoms with van der Waals surface area (Å²) in [5.41, 5.74) is 1.13.